The molecule has 88 heavy (non-hydrogen) atoms. The molecule has 0 aromatic heterocycles. The number of ether oxygens (including phenoxy) is 2. The molecule has 7 unspecified atom stereocenters. The molecular formula is C79H139NO8. The first kappa shape index (κ1) is 82.9. The van der Waals surface area contributed by atoms with Crippen molar-refractivity contribution in [2.24, 2.45) is 0 Å². The van der Waals surface area contributed by atoms with E-state index in [9.17, 15) is 30.3 Å². The molecule has 1 amide bonds. The van der Waals surface area contributed by atoms with Gasteiger partial charge in [-0.25, -0.2) is 0 Å². The second-order valence-corrected chi connectivity index (χ2v) is 25.4. The third-order valence-corrected chi connectivity index (χ3v) is 17.1. The Kier molecular flexibility index (Phi) is 62.9. The van der Waals surface area contributed by atoms with E-state index in [0.29, 0.717) is 12.8 Å². The lowest BCUT2D eigenvalue weighted by molar-refractivity contribution is -0.302. The molecule has 1 rings (SSSR count). The number of allylic oxidation sites excluding steroid dienone is 18. The van der Waals surface area contributed by atoms with Gasteiger partial charge in [0, 0.05) is 6.42 Å². The van der Waals surface area contributed by atoms with Crippen LogP contribution in [0.1, 0.15) is 328 Å². The summed E-state index contributed by atoms with van der Waals surface area (Å²) in [6.45, 7) is 3.75. The van der Waals surface area contributed by atoms with Crippen LogP contribution < -0.4 is 5.32 Å². The molecule has 0 bridgehead atoms. The first-order chi connectivity index (χ1) is 43.3. The van der Waals surface area contributed by atoms with Gasteiger partial charge in [-0.15, -0.1) is 0 Å². The average molecular weight is 1230 g/mol. The van der Waals surface area contributed by atoms with Crippen LogP contribution in [0.5, 0.6) is 0 Å². The molecule has 0 saturated carbocycles. The molecule has 7 atom stereocenters. The first-order valence-corrected chi connectivity index (χ1v) is 37.1. The average Bonchev–Trinajstić information content (AvgIpc) is 3.65. The van der Waals surface area contributed by atoms with Crippen molar-refractivity contribution in [3.8, 4) is 0 Å². The molecule has 0 radical (unpaired) electrons. The monoisotopic (exact) mass is 1230 g/mol. The lowest BCUT2D eigenvalue weighted by Gasteiger charge is -2.40. The molecule has 1 fully saturated rings. The number of rotatable bonds is 64. The highest BCUT2D eigenvalue weighted by Crippen LogP contribution is 2.24. The van der Waals surface area contributed by atoms with Crippen molar-refractivity contribution >= 4 is 5.91 Å². The molecule has 1 aliphatic heterocycles. The Morgan fingerprint density at radius 2 is 0.705 bits per heavy atom. The molecule has 508 valence electrons. The van der Waals surface area contributed by atoms with E-state index >= 15 is 0 Å². The molecule has 0 aromatic carbocycles. The van der Waals surface area contributed by atoms with Crippen LogP contribution >= 0.6 is 0 Å². The summed E-state index contributed by atoms with van der Waals surface area (Å²) >= 11 is 0. The van der Waals surface area contributed by atoms with Gasteiger partial charge < -0.3 is 40.3 Å². The number of aliphatic hydroxyl groups excluding tert-OH is 5. The quantitative estimate of drug-likeness (QED) is 0.0261. The van der Waals surface area contributed by atoms with Gasteiger partial charge in [-0.2, -0.15) is 0 Å². The summed E-state index contributed by atoms with van der Waals surface area (Å²) in [5.74, 6) is -0.155. The van der Waals surface area contributed by atoms with Crippen LogP contribution in [0.4, 0.5) is 0 Å². The Labute approximate surface area is 542 Å². The van der Waals surface area contributed by atoms with Gasteiger partial charge in [0.15, 0.2) is 6.29 Å². The molecule has 1 aliphatic rings. The SMILES string of the molecule is CC/C=C\C/C=C\C/C=C\C/C=C\C/C=C\C/C=C\C/C=C\C/C=C\C/C=C\CCCCCCCCCC(=O)NC(COC1OC(CO)C(O)C(O)C1O)C(O)CCCCCCCCCCCCCCCCCCCCCCCCCCCCCCCC. The number of amides is 1. The minimum absolute atomic E-state index is 0.147. The fourth-order valence-corrected chi connectivity index (χ4v) is 11.4. The highest BCUT2D eigenvalue weighted by Gasteiger charge is 2.44. The van der Waals surface area contributed by atoms with Gasteiger partial charge in [-0.3, -0.25) is 4.79 Å². The van der Waals surface area contributed by atoms with Crippen molar-refractivity contribution in [2.75, 3.05) is 13.2 Å². The van der Waals surface area contributed by atoms with Gasteiger partial charge in [0.1, 0.15) is 24.4 Å². The summed E-state index contributed by atoms with van der Waals surface area (Å²) in [6.07, 6.45) is 91.6. The highest BCUT2D eigenvalue weighted by atomic mass is 16.7. The minimum Gasteiger partial charge on any atom is -0.394 e. The van der Waals surface area contributed by atoms with E-state index in [2.05, 4.69) is 129 Å². The summed E-state index contributed by atoms with van der Waals surface area (Å²) in [6, 6.07) is -0.735. The maximum absolute atomic E-state index is 13.2. The van der Waals surface area contributed by atoms with Gasteiger partial charge in [0.2, 0.25) is 5.91 Å². The lowest BCUT2D eigenvalue weighted by Crippen LogP contribution is -2.60. The number of carbonyl (C=O) groups is 1. The second kappa shape index (κ2) is 66.8. The predicted molar refractivity (Wildman–Crippen MR) is 377 cm³/mol. The fraction of sp³-hybridized carbons (Fsp3) is 0.759. The van der Waals surface area contributed by atoms with Crippen molar-refractivity contribution in [1.82, 2.24) is 5.32 Å². The van der Waals surface area contributed by atoms with Crippen molar-refractivity contribution < 1.29 is 39.8 Å². The number of nitrogens with one attached hydrogen (secondary N) is 1. The fourth-order valence-electron chi connectivity index (χ4n) is 11.4. The van der Waals surface area contributed by atoms with E-state index in [-0.39, 0.29) is 12.5 Å². The molecule has 1 heterocycles. The largest absolute Gasteiger partial charge is 0.394 e. The Morgan fingerprint density at radius 1 is 0.398 bits per heavy atom. The van der Waals surface area contributed by atoms with E-state index < -0.39 is 49.5 Å². The summed E-state index contributed by atoms with van der Waals surface area (Å²) in [5, 5.41) is 55.0. The minimum atomic E-state index is -1.56. The van der Waals surface area contributed by atoms with Crippen molar-refractivity contribution in [2.45, 2.75) is 371 Å². The zero-order valence-corrected chi connectivity index (χ0v) is 57.0. The molecule has 9 heteroatoms. The second-order valence-electron chi connectivity index (χ2n) is 25.4. The Balaban J connectivity index is 2.14. The number of hydrogen-bond acceptors (Lipinski definition) is 8. The van der Waals surface area contributed by atoms with Crippen LogP contribution in [-0.2, 0) is 14.3 Å². The molecule has 6 N–H and O–H groups in total. The molecule has 0 spiro atoms. The Morgan fingerprint density at radius 3 is 1.05 bits per heavy atom. The standard InChI is InChI=1S/C79H139NO8/c1-3-5-7-9-11-13-15-17-19-21-23-25-27-29-31-33-35-36-37-38-39-41-43-45-47-49-51-53-55-57-59-61-63-65-67-69-75(83)80-72(71-87-79-78(86)77(85)76(84)74(70-81)88-79)73(82)68-66-64-62-60-58-56-54-52-50-48-46-44-42-40-34-32-30-28-26-24-22-20-18-16-14-12-10-8-6-4-2/h5,7,11,13,17,19,23,25,29,31,35-36,38-39,43,45,49,51,72-74,76-79,81-82,84-86H,3-4,6,8-10,12,14-16,18,20-22,24,26-28,30,32-34,37,40-42,44,46-48,50,52-71H2,1-2H3,(H,80,83)/b7-5-,13-11-,19-17-,25-23-,31-29-,36-35-,39-38-,45-43-,51-49-. The van der Waals surface area contributed by atoms with Crippen LogP contribution in [0, 0.1) is 0 Å². The topological polar surface area (TPSA) is 149 Å². The zero-order chi connectivity index (χ0) is 63.5. The van der Waals surface area contributed by atoms with E-state index in [1.54, 1.807) is 0 Å². The number of carbonyl (C=O) groups excluding carboxylic acids is 1. The van der Waals surface area contributed by atoms with E-state index in [4.69, 9.17) is 9.47 Å². The van der Waals surface area contributed by atoms with Crippen LogP contribution in [0.25, 0.3) is 0 Å². The molecule has 9 nitrogen and oxygen atoms in total. The maximum Gasteiger partial charge on any atom is 0.220 e. The third kappa shape index (κ3) is 54.6. The van der Waals surface area contributed by atoms with Gasteiger partial charge >= 0.3 is 0 Å². The third-order valence-electron chi connectivity index (χ3n) is 17.1. The van der Waals surface area contributed by atoms with Crippen molar-refractivity contribution in [1.29, 1.82) is 0 Å². The van der Waals surface area contributed by atoms with Gasteiger partial charge in [0.05, 0.1) is 25.4 Å². The predicted octanol–water partition coefficient (Wildman–Crippen LogP) is 20.8. The zero-order valence-electron chi connectivity index (χ0n) is 57.0. The van der Waals surface area contributed by atoms with E-state index in [1.165, 1.54) is 193 Å². The van der Waals surface area contributed by atoms with Crippen molar-refractivity contribution in [3.63, 3.8) is 0 Å². The summed E-state index contributed by atoms with van der Waals surface area (Å²) < 4.78 is 11.4. The van der Waals surface area contributed by atoms with E-state index in [0.717, 1.165) is 109 Å². The first-order valence-electron chi connectivity index (χ1n) is 37.1. The lowest BCUT2D eigenvalue weighted by atomic mass is 9.99. The molecule has 0 aliphatic carbocycles. The van der Waals surface area contributed by atoms with Crippen LogP contribution in [0.3, 0.4) is 0 Å². The Bertz CT molecular complexity index is 1760. The van der Waals surface area contributed by atoms with Crippen LogP contribution in [0.15, 0.2) is 109 Å². The smallest absolute Gasteiger partial charge is 0.220 e. The number of aliphatic hydroxyl groups is 5. The normalized spacial score (nSPS) is 18.6. The number of hydrogen-bond donors (Lipinski definition) is 6. The highest BCUT2D eigenvalue weighted by molar-refractivity contribution is 5.76. The Hall–Kier alpha value is -3.15. The summed E-state index contributed by atoms with van der Waals surface area (Å²) in [5.41, 5.74) is 0. The van der Waals surface area contributed by atoms with Gasteiger partial charge in [0.25, 0.3) is 0 Å². The number of unbranched alkanes of at least 4 members (excludes halogenated alkanes) is 36. The summed E-state index contributed by atoms with van der Waals surface area (Å²) in [7, 11) is 0. The van der Waals surface area contributed by atoms with Crippen molar-refractivity contribution in [3.05, 3.63) is 109 Å². The van der Waals surface area contributed by atoms with Gasteiger partial charge in [-0.05, 0) is 83.5 Å². The molecular weight excluding hydrogens is 1090 g/mol. The molecule has 1 saturated heterocycles. The van der Waals surface area contributed by atoms with Gasteiger partial charge in [-0.1, -0.05) is 348 Å². The van der Waals surface area contributed by atoms with E-state index in [1.807, 2.05) is 0 Å². The summed E-state index contributed by atoms with van der Waals surface area (Å²) in [4.78, 5) is 13.2. The van der Waals surface area contributed by atoms with Crippen LogP contribution in [-0.4, -0.2) is 87.5 Å². The van der Waals surface area contributed by atoms with Crippen LogP contribution in [0.2, 0.25) is 0 Å². The molecule has 0 aromatic rings. The maximum atomic E-state index is 13.2.